The van der Waals surface area contributed by atoms with Gasteiger partial charge in [0, 0.05) is 12.5 Å². The van der Waals surface area contributed by atoms with Crippen LogP contribution in [0.2, 0.25) is 0 Å². The topological polar surface area (TPSA) is 49.7 Å². The number of aliphatic hydroxyl groups excluding tert-OH is 2. The van der Waals surface area contributed by atoms with Gasteiger partial charge in [-0.1, -0.05) is 13.3 Å². The van der Waals surface area contributed by atoms with E-state index in [4.69, 9.17) is 4.74 Å². The summed E-state index contributed by atoms with van der Waals surface area (Å²) < 4.78 is 5.13. The van der Waals surface area contributed by atoms with E-state index in [0.717, 1.165) is 12.8 Å². The van der Waals surface area contributed by atoms with Crippen LogP contribution in [0, 0.1) is 5.41 Å². The lowest BCUT2D eigenvalue weighted by atomic mass is 9.80. The van der Waals surface area contributed by atoms with Crippen molar-refractivity contribution in [2.24, 2.45) is 5.41 Å². The highest BCUT2D eigenvalue weighted by atomic mass is 16.5. The first-order valence-corrected chi connectivity index (χ1v) is 4.88. The van der Waals surface area contributed by atoms with Gasteiger partial charge in [-0.05, 0) is 19.8 Å². The zero-order chi connectivity index (χ0) is 10.3. The molecule has 0 heterocycles. The van der Waals surface area contributed by atoms with Gasteiger partial charge in [0.15, 0.2) is 0 Å². The molecule has 0 aliphatic heterocycles. The molecule has 0 fully saturated rings. The first kappa shape index (κ1) is 12.9. The quantitative estimate of drug-likeness (QED) is 0.634. The molecule has 1 atom stereocenters. The van der Waals surface area contributed by atoms with E-state index in [1.54, 1.807) is 7.11 Å². The Kier molecular flexibility index (Phi) is 6.29. The Morgan fingerprint density at radius 1 is 1.31 bits per heavy atom. The number of hydrogen-bond donors (Lipinski definition) is 2. The van der Waals surface area contributed by atoms with Crippen LogP contribution in [0.5, 0.6) is 0 Å². The Labute approximate surface area is 80.7 Å². The van der Waals surface area contributed by atoms with E-state index in [1.807, 2.05) is 6.92 Å². The van der Waals surface area contributed by atoms with Crippen LogP contribution in [0.15, 0.2) is 0 Å². The summed E-state index contributed by atoms with van der Waals surface area (Å²) in [6, 6.07) is 0. The summed E-state index contributed by atoms with van der Waals surface area (Å²) in [4.78, 5) is 0. The highest BCUT2D eigenvalue weighted by Gasteiger charge is 2.29. The standard InChI is InChI=1S/C10H22O3/c1-4-5-10(7-11,8-12)6-9(2)13-3/h9,11-12H,4-8H2,1-3H3. The monoisotopic (exact) mass is 190 g/mol. The second-order valence-corrected chi connectivity index (χ2v) is 3.82. The molecule has 0 aromatic heterocycles. The Morgan fingerprint density at radius 2 is 1.85 bits per heavy atom. The minimum atomic E-state index is -0.357. The van der Waals surface area contributed by atoms with E-state index in [2.05, 4.69) is 6.92 Å². The van der Waals surface area contributed by atoms with Crippen molar-refractivity contribution in [2.45, 2.75) is 39.2 Å². The van der Waals surface area contributed by atoms with Gasteiger partial charge in [0.2, 0.25) is 0 Å². The maximum absolute atomic E-state index is 9.24. The van der Waals surface area contributed by atoms with Gasteiger partial charge in [0.1, 0.15) is 0 Å². The molecule has 0 bridgehead atoms. The van der Waals surface area contributed by atoms with Gasteiger partial charge >= 0.3 is 0 Å². The van der Waals surface area contributed by atoms with Gasteiger partial charge in [-0.25, -0.2) is 0 Å². The number of methoxy groups -OCH3 is 1. The van der Waals surface area contributed by atoms with Crippen LogP contribution in [-0.2, 0) is 4.74 Å². The van der Waals surface area contributed by atoms with Crippen LogP contribution in [0.4, 0.5) is 0 Å². The largest absolute Gasteiger partial charge is 0.396 e. The van der Waals surface area contributed by atoms with Crippen LogP contribution in [0.3, 0.4) is 0 Å². The fourth-order valence-electron chi connectivity index (χ4n) is 1.66. The molecular formula is C10H22O3. The average Bonchev–Trinajstić information content (AvgIpc) is 2.17. The SMILES string of the molecule is CCCC(CO)(CO)CC(C)OC. The van der Waals surface area contributed by atoms with Crippen LogP contribution < -0.4 is 0 Å². The van der Waals surface area contributed by atoms with Crippen molar-refractivity contribution in [2.75, 3.05) is 20.3 Å². The second kappa shape index (κ2) is 6.35. The van der Waals surface area contributed by atoms with Gasteiger partial charge in [-0.3, -0.25) is 0 Å². The molecule has 13 heavy (non-hydrogen) atoms. The van der Waals surface area contributed by atoms with Crippen LogP contribution >= 0.6 is 0 Å². The van der Waals surface area contributed by atoms with Gasteiger partial charge in [-0.2, -0.15) is 0 Å². The average molecular weight is 190 g/mol. The molecule has 0 aliphatic rings. The molecule has 0 spiro atoms. The summed E-state index contributed by atoms with van der Waals surface area (Å²) in [5.74, 6) is 0. The molecule has 80 valence electrons. The third-order valence-electron chi connectivity index (χ3n) is 2.57. The minimum absolute atomic E-state index is 0.0328. The van der Waals surface area contributed by atoms with Crippen molar-refractivity contribution >= 4 is 0 Å². The molecule has 2 N–H and O–H groups in total. The fraction of sp³-hybridized carbons (Fsp3) is 1.00. The summed E-state index contributed by atoms with van der Waals surface area (Å²) in [6.07, 6.45) is 2.61. The molecule has 0 saturated carbocycles. The summed E-state index contributed by atoms with van der Waals surface area (Å²) in [6.45, 7) is 4.07. The van der Waals surface area contributed by atoms with E-state index in [-0.39, 0.29) is 24.7 Å². The molecule has 0 amide bonds. The lowest BCUT2D eigenvalue weighted by molar-refractivity contribution is -0.00841. The number of rotatable bonds is 7. The van der Waals surface area contributed by atoms with Crippen molar-refractivity contribution in [3.8, 4) is 0 Å². The zero-order valence-corrected chi connectivity index (χ0v) is 8.92. The molecule has 3 nitrogen and oxygen atoms in total. The second-order valence-electron chi connectivity index (χ2n) is 3.82. The van der Waals surface area contributed by atoms with Crippen molar-refractivity contribution in [3.05, 3.63) is 0 Å². The molecule has 0 saturated heterocycles. The van der Waals surface area contributed by atoms with E-state index >= 15 is 0 Å². The maximum Gasteiger partial charge on any atom is 0.0550 e. The molecule has 0 aliphatic carbocycles. The molecule has 1 unspecified atom stereocenters. The van der Waals surface area contributed by atoms with Gasteiger partial charge in [0.05, 0.1) is 19.3 Å². The molecule has 0 radical (unpaired) electrons. The molecule has 0 rings (SSSR count). The lowest BCUT2D eigenvalue weighted by Crippen LogP contribution is -2.33. The lowest BCUT2D eigenvalue weighted by Gasteiger charge is -2.31. The Bertz CT molecular complexity index is 121. The summed E-state index contributed by atoms with van der Waals surface area (Å²) in [7, 11) is 1.65. The molecule has 0 aromatic rings. The van der Waals surface area contributed by atoms with Gasteiger partial charge in [0.25, 0.3) is 0 Å². The molecule has 0 aromatic carbocycles. The number of hydrogen-bond acceptors (Lipinski definition) is 3. The van der Waals surface area contributed by atoms with Crippen molar-refractivity contribution in [1.82, 2.24) is 0 Å². The van der Waals surface area contributed by atoms with Crippen LogP contribution in [-0.4, -0.2) is 36.6 Å². The highest BCUT2D eigenvalue weighted by molar-refractivity contribution is 4.79. The third kappa shape index (κ3) is 4.07. The first-order valence-electron chi connectivity index (χ1n) is 4.88. The first-order chi connectivity index (χ1) is 6.14. The Balaban J connectivity index is 4.19. The smallest absolute Gasteiger partial charge is 0.0550 e. The van der Waals surface area contributed by atoms with E-state index in [9.17, 15) is 10.2 Å². The zero-order valence-electron chi connectivity index (χ0n) is 8.92. The predicted octanol–water partition coefficient (Wildman–Crippen LogP) is 1.18. The molecular weight excluding hydrogens is 168 g/mol. The third-order valence-corrected chi connectivity index (χ3v) is 2.57. The number of ether oxygens (including phenoxy) is 1. The molecule has 3 heteroatoms. The summed E-state index contributed by atoms with van der Waals surface area (Å²) >= 11 is 0. The van der Waals surface area contributed by atoms with Crippen molar-refractivity contribution in [3.63, 3.8) is 0 Å². The van der Waals surface area contributed by atoms with E-state index in [0.29, 0.717) is 6.42 Å². The Hall–Kier alpha value is -0.120. The number of aliphatic hydroxyl groups is 2. The van der Waals surface area contributed by atoms with Crippen molar-refractivity contribution < 1.29 is 14.9 Å². The minimum Gasteiger partial charge on any atom is -0.396 e. The van der Waals surface area contributed by atoms with E-state index < -0.39 is 0 Å². The van der Waals surface area contributed by atoms with Crippen LogP contribution in [0.25, 0.3) is 0 Å². The summed E-state index contributed by atoms with van der Waals surface area (Å²) in [5.41, 5.74) is -0.357. The van der Waals surface area contributed by atoms with Gasteiger partial charge < -0.3 is 14.9 Å². The fourth-order valence-corrected chi connectivity index (χ4v) is 1.66. The predicted molar refractivity (Wildman–Crippen MR) is 52.6 cm³/mol. The maximum atomic E-state index is 9.24. The Morgan fingerprint density at radius 3 is 2.15 bits per heavy atom. The van der Waals surface area contributed by atoms with Gasteiger partial charge in [-0.15, -0.1) is 0 Å². The normalized spacial score (nSPS) is 14.5. The highest BCUT2D eigenvalue weighted by Crippen LogP contribution is 2.29. The van der Waals surface area contributed by atoms with E-state index in [1.165, 1.54) is 0 Å². The summed E-state index contributed by atoms with van der Waals surface area (Å²) in [5, 5.41) is 18.5. The van der Waals surface area contributed by atoms with Crippen LogP contribution in [0.1, 0.15) is 33.1 Å². The van der Waals surface area contributed by atoms with Crippen molar-refractivity contribution in [1.29, 1.82) is 0 Å².